The van der Waals surface area contributed by atoms with Gasteiger partial charge >= 0.3 is 0 Å². The Labute approximate surface area is 93.1 Å². The second-order valence-corrected chi connectivity index (χ2v) is 5.36. The standard InChI is InChI=1S/C12H24N2O/c1-10-8-13(2)6-3-7-14(10)9-12(15)11-4-5-11/h10-12,15H,3-9H2,1-2H3. The van der Waals surface area contributed by atoms with Crippen molar-refractivity contribution in [2.75, 3.05) is 33.2 Å². The predicted molar refractivity (Wildman–Crippen MR) is 61.9 cm³/mol. The second kappa shape index (κ2) is 4.81. The van der Waals surface area contributed by atoms with E-state index in [-0.39, 0.29) is 6.10 Å². The molecule has 2 rings (SSSR count). The van der Waals surface area contributed by atoms with E-state index in [1.165, 1.54) is 25.8 Å². The minimum Gasteiger partial charge on any atom is -0.392 e. The number of aliphatic hydroxyl groups excluding tert-OH is 1. The molecule has 1 saturated carbocycles. The fourth-order valence-electron chi connectivity index (χ4n) is 2.56. The molecule has 0 aromatic heterocycles. The molecule has 1 aliphatic carbocycles. The smallest absolute Gasteiger partial charge is 0.0695 e. The third-order valence-corrected chi connectivity index (χ3v) is 3.77. The highest BCUT2D eigenvalue weighted by atomic mass is 16.3. The molecule has 0 aromatic carbocycles. The highest BCUT2D eigenvalue weighted by Gasteiger charge is 2.32. The summed E-state index contributed by atoms with van der Waals surface area (Å²) in [4.78, 5) is 4.86. The number of aliphatic hydroxyl groups is 1. The maximum absolute atomic E-state index is 9.96. The van der Waals surface area contributed by atoms with Crippen LogP contribution in [-0.2, 0) is 0 Å². The van der Waals surface area contributed by atoms with Crippen molar-refractivity contribution in [2.24, 2.45) is 5.92 Å². The summed E-state index contributed by atoms with van der Waals surface area (Å²) in [6.45, 7) is 6.65. The molecular formula is C12H24N2O. The Morgan fingerprint density at radius 1 is 1.33 bits per heavy atom. The molecule has 0 aromatic rings. The summed E-state index contributed by atoms with van der Waals surface area (Å²) in [5.74, 6) is 0.609. The second-order valence-electron chi connectivity index (χ2n) is 5.36. The van der Waals surface area contributed by atoms with Gasteiger partial charge in [0.1, 0.15) is 0 Å². The molecular weight excluding hydrogens is 188 g/mol. The fourth-order valence-corrected chi connectivity index (χ4v) is 2.56. The van der Waals surface area contributed by atoms with E-state index < -0.39 is 0 Å². The van der Waals surface area contributed by atoms with Crippen LogP contribution in [0.5, 0.6) is 0 Å². The fraction of sp³-hybridized carbons (Fsp3) is 1.00. The number of likely N-dealkylation sites (N-methyl/N-ethyl adjacent to an activating group) is 1. The van der Waals surface area contributed by atoms with Gasteiger partial charge in [-0.15, -0.1) is 0 Å². The largest absolute Gasteiger partial charge is 0.392 e. The van der Waals surface area contributed by atoms with Crippen LogP contribution in [0.25, 0.3) is 0 Å². The van der Waals surface area contributed by atoms with Crippen molar-refractivity contribution in [2.45, 2.75) is 38.3 Å². The van der Waals surface area contributed by atoms with Crippen molar-refractivity contribution in [1.29, 1.82) is 0 Å². The molecule has 2 atom stereocenters. The lowest BCUT2D eigenvalue weighted by atomic mass is 10.2. The first-order valence-electron chi connectivity index (χ1n) is 6.27. The summed E-state index contributed by atoms with van der Waals surface area (Å²) in [7, 11) is 2.19. The number of β-amino-alcohol motifs (C(OH)–C–C–N with tert-alkyl or cyclic N) is 1. The van der Waals surface area contributed by atoms with E-state index >= 15 is 0 Å². The van der Waals surface area contributed by atoms with Crippen molar-refractivity contribution in [1.82, 2.24) is 9.80 Å². The van der Waals surface area contributed by atoms with Crippen LogP contribution < -0.4 is 0 Å². The molecule has 0 radical (unpaired) electrons. The van der Waals surface area contributed by atoms with Crippen molar-refractivity contribution < 1.29 is 5.11 Å². The molecule has 0 amide bonds. The summed E-state index contributed by atoms with van der Waals surface area (Å²) in [6, 6.07) is 0.589. The van der Waals surface area contributed by atoms with Crippen LogP contribution in [0.15, 0.2) is 0 Å². The highest BCUT2D eigenvalue weighted by molar-refractivity contribution is 4.85. The molecule has 1 heterocycles. The third kappa shape index (κ3) is 3.16. The lowest BCUT2D eigenvalue weighted by molar-refractivity contribution is 0.0775. The van der Waals surface area contributed by atoms with Gasteiger partial charge in [-0.1, -0.05) is 0 Å². The Balaban J connectivity index is 1.83. The summed E-state index contributed by atoms with van der Waals surface area (Å²) >= 11 is 0. The highest BCUT2D eigenvalue weighted by Crippen LogP contribution is 2.33. The first-order chi connectivity index (χ1) is 7.16. The molecule has 88 valence electrons. The molecule has 2 unspecified atom stereocenters. The zero-order chi connectivity index (χ0) is 10.8. The van der Waals surface area contributed by atoms with Gasteiger partial charge in [0.15, 0.2) is 0 Å². The van der Waals surface area contributed by atoms with Gasteiger partial charge in [0.05, 0.1) is 6.10 Å². The zero-order valence-corrected chi connectivity index (χ0v) is 10.0. The van der Waals surface area contributed by atoms with Crippen LogP contribution in [0.1, 0.15) is 26.2 Å². The molecule has 2 fully saturated rings. The summed E-state index contributed by atoms with van der Waals surface area (Å²) in [6.07, 6.45) is 3.64. The molecule has 0 spiro atoms. The number of nitrogens with zero attached hydrogens (tertiary/aromatic N) is 2. The van der Waals surface area contributed by atoms with E-state index in [1.807, 2.05) is 0 Å². The molecule has 3 heteroatoms. The minimum atomic E-state index is -0.0733. The SMILES string of the molecule is CC1CN(C)CCCN1CC(O)C1CC1. The number of rotatable bonds is 3. The predicted octanol–water partition coefficient (Wildman–Crippen LogP) is 0.783. The van der Waals surface area contributed by atoms with Crippen LogP contribution in [-0.4, -0.2) is 60.3 Å². The van der Waals surface area contributed by atoms with Crippen LogP contribution in [0.2, 0.25) is 0 Å². The van der Waals surface area contributed by atoms with Crippen LogP contribution in [0.4, 0.5) is 0 Å². The van der Waals surface area contributed by atoms with Gasteiger partial charge in [-0.25, -0.2) is 0 Å². The average molecular weight is 212 g/mol. The van der Waals surface area contributed by atoms with E-state index in [1.54, 1.807) is 0 Å². The van der Waals surface area contributed by atoms with Gasteiger partial charge in [0.2, 0.25) is 0 Å². The molecule has 2 aliphatic rings. The number of hydrogen-bond donors (Lipinski definition) is 1. The lowest BCUT2D eigenvalue weighted by Gasteiger charge is -2.29. The topological polar surface area (TPSA) is 26.7 Å². The Morgan fingerprint density at radius 3 is 2.73 bits per heavy atom. The molecule has 1 saturated heterocycles. The van der Waals surface area contributed by atoms with Gasteiger partial charge < -0.3 is 10.0 Å². The van der Waals surface area contributed by atoms with Crippen molar-refractivity contribution in [3.8, 4) is 0 Å². The van der Waals surface area contributed by atoms with Gasteiger partial charge in [-0.3, -0.25) is 4.90 Å². The van der Waals surface area contributed by atoms with Crippen LogP contribution in [0.3, 0.4) is 0 Å². The van der Waals surface area contributed by atoms with Gasteiger partial charge in [0, 0.05) is 19.1 Å². The van der Waals surface area contributed by atoms with Gasteiger partial charge in [0.25, 0.3) is 0 Å². The molecule has 3 nitrogen and oxygen atoms in total. The van der Waals surface area contributed by atoms with Crippen molar-refractivity contribution in [3.05, 3.63) is 0 Å². The van der Waals surface area contributed by atoms with Crippen LogP contribution >= 0.6 is 0 Å². The molecule has 0 bridgehead atoms. The lowest BCUT2D eigenvalue weighted by Crippen LogP contribution is -2.42. The Hall–Kier alpha value is -0.120. The molecule has 1 aliphatic heterocycles. The summed E-state index contributed by atoms with van der Waals surface area (Å²) < 4.78 is 0. The summed E-state index contributed by atoms with van der Waals surface area (Å²) in [5, 5.41) is 9.96. The first kappa shape index (κ1) is 11.4. The third-order valence-electron chi connectivity index (χ3n) is 3.77. The zero-order valence-electron chi connectivity index (χ0n) is 10.0. The molecule has 1 N–H and O–H groups in total. The average Bonchev–Trinajstić information content (AvgIpc) is 2.97. The minimum absolute atomic E-state index is 0.0733. The normalized spacial score (nSPS) is 32.6. The van der Waals surface area contributed by atoms with Crippen molar-refractivity contribution >= 4 is 0 Å². The monoisotopic (exact) mass is 212 g/mol. The van der Waals surface area contributed by atoms with Crippen LogP contribution in [0, 0.1) is 5.92 Å². The maximum Gasteiger partial charge on any atom is 0.0695 e. The van der Waals surface area contributed by atoms with E-state index in [9.17, 15) is 5.11 Å². The van der Waals surface area contributed by atoms with Crippen molar-refractivity contribution in [3.63, 3.8) is 0 Å². The van der Waals surface area contributed by atoms with Gasteiger partial charge in [-0.05, 0) is 52.2 Å². The van der Waals surface area contributed by atoms with E-state index in [2.05, 4.69) is 23.8 Å². The summed E-state index contributed by atoms with van der Waals surface area (Å²) in [5.41, 5.74) is 0. The van der Waals surface area contributed by atoms with Gasteiger partial charge in [-0.2, -0.15) is 0 Å². The quantitative estimate of drug-likeness (QED) is 0.749. The van der Waals surface area contributed by atoms with E-state index in [4.69, 9.17) is 0 Å². The Bertz CT molecular complexity index is 206. The Morgan fingerprint density at radius 2 is 2.07 bits per heavy atom. The Kier molecular flexibility index (Phi) is 3.65. The van der Waals surface area contributed by atoms with E-state index in [0.717, 1.165) is 19.6 Å². The maximum atomic E-state index is 9.96. The number of hydrogen-bond acceptors (Lipinski definition) is 3. The van der Waals surface area contributed by atoms with E-state index in [0.29, 0.717) is 12.0 Å². The first-order valence-corrected chi connectivity index (χ1v) is 6.27. The molecule has 15 heavy (non-hydrogen) atoms.